The van der Waals surface area contributed by atoms with Crippen LogP contribution in [0.1, 0.15) is 24.0 Å². The van der Waals surface area contributed by atoms with E-state index in [1.54, 1.807) is 0 Å². The number of hydrogen-bond donors (Lipinski definition) is 1. The van der Waals surface area contributed by atoms with Crippen molar-refractivity contribution in [2.75, 3.05) is 32.4 Å². The second-order valence-corrected chi connectivity index (χ2v) is 11.4. The SMILES string of the molecule is C[N+]1(CCCSc2ccc(Br)cc2)CC[C@@H](C(C(N)=O)(c2ccccc2)c2ccccc2)C1. The van der Waals surface area contributed by atoms with Crippen LogP contribution in [-0.2, 0) is 10.2 Å². The summed E-state index contributed by atoms with van der Waals surface area (Å²) >= 11 is 5.41. The Kier molecular flexibility index (Phi) is 7.62. The highest BCUT2D eigenvalue weighted by Crippen LogP contribution is 2.45. The molecule has 4 rings (SSSR count). The molecule has 3 aromatic rings. The van der Waals surface area contributed by atoms with Gasteiger partial charge in [-0.15, -0.1) is 11.8 Å². The zero-order chi connectivity index (χ0) is 23.3. The third kappa shape index (κ3) is 5.21. The van der Waals surface area contributed by atoms with E-state index in [1.165, 1.54) is 4.90 Å². The number of halogens is 1. The normalized spacial score (nSPS) is 20.6. The van der Waals surface area contributed by atoms with E-state index in [0.29, 0.717) is 0 Å². The van der Waals surface area contributed by atoms with Crippen LogP contribution in [0.25, 0.3) is 0 Å². The van der Waals surface area contributed by atoms with Crippen LogP contribution < -0.4 is 5.73 Å². The van der Waals surface area contributed by atoms with Gasteiger partial charge in [-0.3, -0.25) is 4.79 Å². The molecule has 0 aliphatic carbocycles. The molecule has 0 saturated carbocycles. The molecule has 1 saturated heterocycles. The van der Waals surface area contributed by atoms with E-state index in [4.69, 9.17) is 5.73 Å². The maximum atomic E-state index is 13.3. The highest BCUT2D eigenvalue weighted by molar-refractivity contribution is 9.10. The van der Waals surface area contributed by atoms with Crippen molar-refractivity contribution in [3.63, 3.8) is 0 Å². The minimum absolute atomic E-state index is 0.170. The van der Waals surface area contributed by atoms with Crippen LogP contribution >= 0.6 is 27.7 Å². The maximum absolute atomic E-state index is 13.3. The zero-order valence-corrected chi connectivity index (χ0v) is 21.5. The molecule has 1 amide bonds. The average molecular weight is 525 g/mol. The topological polar surface area (TPSA) is 43.1 Å². The number of benzene rings is 3. The number of nitrogens with two attached hydrogens (primary N) is 1. The lowest BCUT2D eigenvalue weighted by Gasteiger charge is -2.38. The number of rotatable bonds is 9. The molecule has 1 unspecified atom stereocenters. The van der Waals surface area contributed by atoms with Crippen LogP contribution in [0.5, 0.6) is 0 Å². The summed E-state index contributed by atoms with van der Waals surface area (Å²) < 4.78 is 2.10. The number of likely N-dealkylation sites (tertiary alicyclic amines) is 1. The number of nitrogens with zero attached hydrogens (tertiary/aromatic N) is 1. The first-order valence-corrected chi connectivity index (χ1v) is 13.3. The van der Waals surface area contributed by atoms with Gasteiger partial charge in [0.25, 0.3) is 0 Å². The Hall–Kier alpha value is -2.08. The fourth-order valence-corrected chi connectivity index (χ4v) is 6.53. The first kappa shape index (κ1) is 24.1. The molecule has 1 heterocycles. The Morgan fingerprint density at radius 3 is 2.12 bits per heavy atom. The summed E-state index contributed by atoms with van der Waals surface area (Å²) in [5.41, 5.74) is 7.46. The van der Waals surface area contributed by atoms with Crippen LogP contribution in [-0.4, -0.2) is 42.8 Å². The third-order valence-electron chi connectivity index (χ3n) is 7.06. The lowest BCUT2D eigenvalue weighted by atomic mass is 9.64. The van der Waals surface area contributed by atoms with Gasteiger partial charge in [-0.2, -0.15) is 0 Å². The van der Waals surface area contributed by atoms with Crippen molar-refractivity contribution < 1.29 is 9.28 Å². The van der Waals surface area contributed by atoms with Crippen LogP contribution in [0.4, 0.5) is 0 Å². The van der Waals surface area contributed by atoms with Gasteiger partial charge in [0.15, 0.2) is 0 Å². The lowest BCUT2D eigenvalue weighted by Crippen LogP contribution is -2.51. The molecule has 172 valence electrons. The van der Waals surface area contributed by atoms with Gasteiger partial charge in [0, 0.05) is 33.9 Å². The summed E-state index contributed by atoms with van der Waals surface area (Å²) in [4.78, 5) is 14.6. The summed E-state index contributed by atoms with van der Waals surface area (Å²) in [6, 6.07) is 28.8. The Morgan fingerprint density at radius 1 is 1.00 bits per heavy atom. The number of carbonyl (C=O) groups is 1. The van der Waals surface area contributed by atoms with Crippen molar-refractivity contribution in [2.24, 2.45) is 11.7 Å². The van der Waals surface area contributed by atoms with Crippen LogP contribution in [0.2, 0.25) is 0 Å². The van der Waals surface area contributed by atoms with E-state index in [0.717, 1.165) is 58.3 Å². The smallest absolute Gasteiger partial charge is 0.233 e. The summed E-state index contributed by atoms with van der Waals surface area (Å²) in [5.74, 6) is 1.02. The molecule has 5 heteroatoms. The monoisotopic (exact) mass is 523 g/mol. The largest absolute Gasteiger partial charge is 0.369 e. The zero-order valence-electron chi connectivity index (χ0n) is 19.1. The molecule has 0 spiro atoms. The van der Waals surface area contributed by atoms with Gasteiger partial charge in [-0.05, 0) is 35.4 Å². The summed E-state index contributed by atoms with van der Waals surface area (Å²) in [6.45, 7) is 3.14. The quantitative estimate of drug-likeness (QED) is 0.216. The highest BCUT2D eigenvalue weighted by Gasteiger charge is 2.53. The van der Waals surface area contributed by atoms with Gasteiger partial charge in [0.1, 0.15) is 5.41 Å². The standard InChI is InChI=1S/C28H31BrN2OS/c1-31(18-8-20-33-26-15-13-25(29)14-16-26)19-17-24(21-31)28(27(30)32,22-9-4-2-5-10-22)23-11-6-3-7-12-23/h2-7,9-16,24H,8,17-21H2,1H3,(H-,30,32)/p+1/t24-,31?/m1/s1. The highest BCUT2D eigenvalue weighted by atomic mass is 79.9. The Bertz CT molecular complexity index is 1020. The van der Waals surface area contributed by atoms with Crippen molar-refractivity contribution in [2.45, 2.75) is 23.2 Å². The first-order valence-electron chi connectivity index (χ1n) is 11.6. The summed E-state index contributed by atoms with van der Waals surface area (Å²) in [5, 5.41) is 0. The average Bonchev–Trinajstić information content (AvgIpc) is 3.22. The third-order valence-corrected chi connectivity index (χ3v) is 8.69. The summed E-state index contributed by atoms with van der Waals surface area (Å²) in [6.07, 6.45) is 2.13. The molecule has 1 aliphatic heterocycles. The van der Waals surface area contributed by atoms with Crippen molar-refractivity contribution in [1.29, 1.82) is 0 Å². The first-order chi connectivity index (χ1) is 15.9. The number of quaternary nitrogens is 1. The molecule has 1 fully saturated rings. The van der Waals surface area contributed by atoms with E-state index in [-0.39, 0.29) is 11.8 Å². The molecule has 2 atom stereocenters. The molecular weight excluding hydrogens is 492 g/mol. The van der Waals surface area contributed by atoms with Gasteiger partial charge in [-0.25, -0.2) is 0 Å². The van der Waals surface area contributed by atoms with E-state index in [1.807, 2.05) is 48.2 Å². The van der Waals surface area contributed by atoms with Gasteiger partial charge >= 0.3 is 0 Å². The fraction of sp³-hybridized carbons (Fsp3) is 0.321. The number of primary amides is 1. The molecule has 1 aliphatic rings. The number of hydrogen-bond acceptors (Lipinski definition) is 2. The Morgan fingerprint density at radius 2 is 1.58 bits per heavy atom. The minimum Gasteiger partial charge on any atom is -0.369 e. The Balaban J connectivity index is 1.51. The molecule has 33 heavy (non-hydrogen) atoms. The number of carbonyl (C=O) groups excluding carboxylic acids is 1. The maximum Gasteiger partial charge on any atom is 0.233 e. The second-order valence-electron chi connectivity index (χ2n) is 9.30. The van der Waals surface area contributed by atoms with Crippen molar-refractivity contribution >= 4 is 33.6 Å². The predicted molar refractivity (Wildman–Crippen MR) is 141 cm³/mol. The number of amides is 1. The van der Waals surface area contributed by atoms with Crippen LogP contribution in [0.3, 0.4) is 0 Å². The van der Waals surface area contributed by atoms with Crippen molar-refractivity contribution in [3.8, 4) is 0 Å². The molecule has 2 N–H and O–H groups in total. The van der Waals surface area contributed by atoms with Crippen LogP contribution in [0, 0.1) is 5.92 Å². The molecule has 3 nitrogen and oxygen atoms in total. The number of thioether (sulfide) groups is 1. The second kappa shape index (κ2) is 10.5. The molecular formula is C28H32BrN2OS+. The molecule has 0 radical (unpaired) electrons. The van der Waals surface area contributed by atoms with Gasteiger partial charge in [0.05, 0.1) is 26.7 Å². The van der Waals surface area contributed by atoms with E-state index >= 15 is 0 Å². The van der Waals surface area contributed by atoms with Gasteiger partial charge < -0.3 is 10.2 Å². The minimum atomic E-state index is -0.801. The van der Waals surface area contributed by atoms with Crippen LogP contribution in [0.15, 0.2) is 94.3 Å². The van der Waals surface area contributed by atoms with E-state index in [9.17, 15) is 4.79 Å². The molecule has 0 aromatic heterocycles. The fourth-order valence-electron chi connectivity index (χ4n) is 5.43. The van der Waals surface area contributed by atoms with Gasteiger partial charge in [0.2, 0.25) is 5.91 Å². The predicted octanol–water partition coefficient (Wildman–Crippen LogP) is 5.87. The van der Waals surface area contributed by atoms with Gasteiger partial charge in [-0.1, -0.05) is 76.6 Å². The Labute approximate surface area is 210 Å². The van der Waals surface area contributed by atoms with E-state index in [2.05, 4.69) is 71.5 Å². The molecule has 3 aromatic carbocycles. The lowest BCUT2D eigenvalue weighted by molar-refractivity contribution is -0.899. The van der Waals surface area contributed by atoms with Crippen molar-refractivity contribution in [3.05, 3.63) is 101 Å². The van der Waals surface area contributed by atoms with Crippen molar-refractivity contribution in [1.82, 2.24) is 0 Å². The molecule has 0 bridgehead atoms. The summed E-state index contributed by atoms with van der Waals surface area (Å²) in [7, 11) is 2.34. The van der Waals surface area contributed by atoms with E-state index < -0.39 is 5.41 Å².